The molecule has 0 aliphatic heterocycles. The van der Waals surface area contributed by atoms with Gasteiger partial charge in [0.15, 0.2) is 0 Å². The fraction of sp³-hybridized carbons (Fsp3) is 0.0714. The number of hydrogen-bond donors (Lipinski definition) is 1. The van der Waals surface area contributed by atoms with Crippen LogP contribution in [0.15, 0.2) is 47.5 Å². The van der Waals surface area contributed by atoms with Crippen molar-refractivity contribution >= 4 is 23.5 Å². The van der Waals surface area contributed by atoms with Crippen LogP contribution >= 0.6 is 11.6 Å². The minimum absolute atomic E-state index is 0.218. The van der Waals surface area contributed by atoms with E-state index in [0.717, 1.165) is 11.3 Å². The summed E-state index contributed by atoms with van der Waals surface area (Å²) < 4.78 is 0. The third-order valence-electron chi connectivity index (χ3n) is 2.52. The first-order chi connectivity index (χ1) is 8.18. The molecule has 0 aliphatic carbocycles. The third kappa shape index (κ3) is 2.66. The van der Waals surface area contributed by atoms with E-state index in [1.54, 1.807) is 24.4 Å². The van der Waals surface area contributed by atoms with Crippen molar-refractivity contribution in [1.82, 2.24) is 0 Å². The fourth-order valence-electron chi connectivity index (χ4n) is 1.47. The molecule has 1 N–H and O–H groups in total. The molecule has 0 radical (unpaired) electrons. The predicted molar refractivity (Wildman–Crippen MR) is 71.5 cm³/mol. The van der Waals surface area contributed by atoms with Crippen molar-refractivity contribution in [3.8, 4) is 5.75 Å². The monoisotopic (exact) mass is 245 g/mol. The lowest BCUT2D eigenvalue weighted by Crippen LogP contribution is -1.82. The molecule has 0 amide bonds. The summed E-state index contributed by atoms with van der Waals surface area (Å²) in [6.45, 7) is 1.92. The molecule has 0 aliphatic rings. The van der Waals surface area contributed by atoms with Gasteiger partial charge in [-0.2, -0.15) is 0 Å². The Morgan fingerprint density at radius 2 is 1.88 bits per heavy atom. The SMILES string of the molecule is Cc1c(Cl)cccc1N=Cc1ccccc1O. The minimum Gasteiger partial charge on any atom is -0.507 e. The van der Waals surface area contributed by atoms with E-state index in [1.807, 2.05) is 31.2 Å². The summed E-state index contributed by atoms with van der Waals surface area (Å²) in [4.78, 5) is 4.33. The fourth-order valence-corrected chi connectivity index (χ4v) is 1.64. The second kappa shape index (κ2) is 5.02. The zero-order chi connectivity index (χ0) is 12.3. The number of phenolic OH excluding ortho intramolecular Hbond substituents is 1. The van der Waals surface area contributed by atoms with Crippen LogP contribution in [-0.2, 0) is 0 Å². The van der Waals surface area contributed by atoms with Crippen molar-refractivity contribution in [1.29, 1.82) is 0 Å². The molecule has 0 saturated heterocycles. The molecule has 86 valence electrons. The zero-order valence-electron chi connectivity index (χ0n) is 9.39. The average Bonchev–Trinajstić information content (AvgIpc) is 2.33. The summed E-state index contributed by atoms with van der Waals surface area (Å²) in [6, 6.07) is 12.6. The Balaban J connectivity index is 2.33. The van der Waals surface area contributed by atoms with Gasteiger partial charge in [-0.25, -0.2) is 0 Å². The standard InChI is InChI=1S/C14H12ClNO/c1-10-12(15)6-4-7-13(10)16-9-11-5-2-3-8-14(11)17/h2-9,17H,1H3. The smallest absolute Gasteiger partial charge is 0.124 e. The van der Waals surface area contributed by atoms with E-state index in [9.17, 15) is 5.11 Å². The van der Waals surface area contributed by atoms with Gasteiger partial charge in [0.25, 0.3) is 0 Å². The number of aliphatic imine (C=N–C) groups is 1. The second-order valence-electron chi connectivity index (χ2n) is 3.70. The highest BCUT2D eigenvalue weighted by Gasteiger charge is 2.00. The Labute approximate surface area is 105 Å². The number of aromatic hydroxyl groups is 1. The maximum absolute atomic E-state index is 9.60. The summed E-state index contributed by atoms with van der Waals surface area (Å²) in [5.41, 5.74) is 2.42. The number of para-hydroxylation sites is 1. The van der Waals surface area contributed by atoms with Gasteiger partial charge in [-0.1, -0.05) is 29.8 Å². The number of rotatable bonds is 2. The molecular formula is C14H12ClNO. The molecule has 0 bridgehead atoms. The van der Waals surface area contributed by atoms with E-state index < -0.39 is 0 Å². The summed E-state index contributed by atoms with van der Waals surface area (Å²) in [7, 11) is 0. The van der Waals surface area contributed by atoms with Crippen molar-refractivity contribution in [2.45, 2.75) is 6.92 Å². The number of halogens is 1. The van der Waals surface area contributed by atoms with Gasteiger partial charge in [0.1, 0.15) is 5.75 Å². The lowest BCUT2D eigenvalue weighted by molar-refractivity contribution is 0.474. The van der Waals surface area contributed by atoms with E-state index in [-0.39, 0.29) is 5.75 Å². The van der Waals surface area contributed by atoms with Crippen LogP contribution in [-0.4, -0.2) is 11.3 Å². The van der Waals surface area contributed by atoms with Gasteiger partial charge in [0.2, 0.25) is 0 Å². The van der Waals surface area contributed by atoms with Gasteiger partial charge >= 0.3 is 0 Å². The highest BCUT2D eigenvalue weighted by molar-refractivity contribution is 6.31. The Morgan fingerprint density at radius 1 is 1.12 bits per heavy atom. The molecule has 2 aromatic rings. The van der Waals surface area contributed by atoms with Gasteiger partial charge < -0.3 is 5.11 Å². The molecular weight excluding hydrogens is 234 g/mol. The maximum Gasteiger partial charge on any atom is 0.124 e. The van der Waals surface area contributed by atoms with Crippen molar-refractivity contribution in [2.75, 3.05) is 0 Å². The first-order valence-electron chi connectivity index (χ1n) is 5.25. The van der Waals surface area contributed by atoms with Crippen LogP contribution in [0.2, 0.25) is 5.02 Å². The number of hydrogen-bond acceptors (Lipinski definition) is 2. The molecule has 2 nitrogen and oxygen atoms in total. The Bertz CT molecular complexity index is 564. The molecule has 3 heteroatoms. The number of phenols is 1. The zero-order valence-corrected chi connectivity index (χ0v) is 10.1. The number of nitrogens with zero attached hydrogens (tertiary/aromatic N) is 1. The van der Waals surface area contributed by atoms with E-state index in [0.29, 0.717) is 10.6 Å². The van der Waals surface area contributed by atoms with Gasteiger partial charge in [0.05, 0.1) is 5.69 Å². The van der Waals surface area contributed by atoms with E-state index >= 15 is 0 Å². The van der Waals surface area contributed by atoms with Crippen molar-refractivity contribution in [2.24, 2.45) is 4.99 Å². The largest absolute Gasteiger partial charge is 0.507 e. The summed E-state index contributed by atoms with van der Waals surface area (Å²) >= 11 is 6.00. The van der Waals surface area contributed by atoms with Crippen molar-refractivity contribution in [3.05, 3.63) is 58.6 Å². The Morgan fingerprint density at radius 3 is 2.65 bits per heavy atom. The van der Waals surface area contributed by atoms with Gasteiger partial charge in [-0.15, -0.1) is 0 Å². The second-order valence-corrected chi connectivity index (χ2v) is 4.11. The lowest BCUT2D eigenvalue weighted by atomic mass is 10.2. The van der Waals surface area contributed by atoms with Gasteiger partial charge in [0, 0.05) is 16.8 Å². The van der Waals surface area contributed by atoms with E-state index in [1.165, 1.54) is 0 Å². The normalized spacial score (nSPS) is 10.9. The summed E-state index contributed by atoms with van der Waals surface area (Å²) in [5, 5.41) is 10.3. The highest BCUT2D eigenvalue weighted by Crippen LogP contribution is 2.25. The maximum atomic E-state index is 9.60. The number of benzene rings is 2. The molecule has 0 spiro atoms. The molecule has 0 aromatic heterocycles. The first-order valence-corrected chi connectivity index (χ1v) is 5.63. The third-order valence-corrected chi connectivity index (χ3v) is 2.93. The van der Waals surface area contributed by atoms with Crippen LogP contribution in [0.4, 0.5) is 5.69 Å². The van der Waals surface area contributed by atoms with Crippen LogP contribution in [0.3, 0.4) is 0 Å². The molecule has 2 aromatic carbocycles. The summed E-state index contributed by atoms with van der Waals surface area (Å²) in [6.07, 6.45) is 1.63. The van der Waals surface area contributed by atoms with Gasteiger partial charge in [-0.3, -0.25) is 4.99 Å². The average molecular weight is 246 g/mol. The van der Waals surface area contributed by atoms with Crippen molar-refractivity contribution < 1.29 is 5.11 Å². The highest BCUT2D eigenvalue weighted by atomic mass is 35.5. The predicted octanol–water partition coefficient (Wildman–Crippen LogP) is 4.10. The molecule has 17 heavy (non-hydrogen) atoms. The molecule has 0 atom stereocenters. The molecule has 0 fully saturated rings. The van der Waals surface area contributed by atoms with E-state index in [2.05, 4.69) is 4.99 Å². The van der Waals surface area contributed by atoms with Gasteiger partial charge in [-0.05, 0) is 36.8 Å². The Hall–Kier alpha value is -1.80. The van der Waals surface area contributed by atoms with Crippen molar-refractivity contribution in [3.63, 3.8) is 0 Å². The van der Waals surface area contributed by atoms with Crippen LogP contribution in [0.5, 0.6) is 5.75 Å². The van der Waals surface area contributed by atoms with Crippen LogP contribution in [0, 0.1) is 6.92 Å². The van der Waals surface area contributed by atoms with Crippen LogP contribution in [0.25, 0.3) is 0 Å². The van der Waals surface area contributed by atoms with Crippen LogP contribution < -0.4 is 0 Å². The topological polar surface area (TPSA) is 32.6 Å². The minimum atomic E-state index is 0.218. The Kier molecular flexibility index (Phi) is 3.45. The molecule has 0 unspecified atom stereocenters. The van der Waals surface area contributed by atoms with E-state index in [4.69, 9.17) is 11.6 Å². The van der Waals surface area contributed by atoms with Crippen LogP contribution in [0.1, 0.15) is 11.1 Å². The molecule has 0 heterocycles. The lowest BCUT2D eigenvalue weighted by Gasteiger charge is -2.02. The first kappa shape index (κ1) is 11.7. The summed E-state index contributed by atoms with van der Waals surface area (Å²) in [5.74, 6) is 0.218. The molecule has 2 rings (SSSR count). The molecule has 0 saturated carbocycles. The quantitative estimate of drug-likeness (QED) is 0.794.